The van der Waals surface area contributed by atoms with Gasteiger partial charge in [0.1, 0.15) is 0 Å². The van der Waals surface area contributed by atoms with Crippen LogP contribution in [-0.4, -0.2) is 24.0 Å². The highest BCUT2D eigenvalue weighted by Crippen LogP contribution is 2.21. The van der Waals surface area contributed by atoms with Crippen LogP contribution in [0.5, 0.6) is 0 Å². The molecule has 1 amide bonds. The molecule has 74 valence electrons. The topological polar surface area (TPSA) is 29.1 Å². The van der Waals surface area contributed by atoms with E-state index >= 15 is 0 Å². The van der Waals surface area contributed by atoms with Crippen LogP contribution in [0, 0.1) is 5.92 Å². The molecule has 1 saturated heterocycles. The molecule has 0 radical (unpaired) electrons. The van der Waals surface area contributed by atoms with Crippen LogP contribution in [0.25, 0.3) is 0 Å². The lowest BCUT2D eigenvalue weighted by molar-refractivity contribution is -0.117. The first-order valence-corrected chi connectivity index (χ1v) is 5.93. The zero-order valence-corrected chi connectivity index (χ0v) is 9.09. The van der Waals surface area contributed by atoms with E-state index in [2.05, 4.69) is 11.9 Å². The maximum Gasteiger partial charge on any atom is 0.262 e. The minimum Gasteiger partial charge on any atom is -0.351 e. The van der Waals surface area contributed by atoms with Crippen molar-refractivity contribution in [3.8, 4) is 0 Å². The van der Waals surface area contributed by atoms with Crippen molar-refractivity contribution in [3.05, 3.63) is 11.6 Å². The lowest BCUT2D eigenvalue weighted by atomic mass is 10.0. The van der Waals surface area contributed by atoms with E-state index in [1.54, 1.807) is 0 Å². The summed E-state index contributed by atoms with van der Waals surface area (Å²) in [6.07, 6.45) is 2.39. The summed E-state index contributed by atoms with van der Waals surface area (Å²) in [6.45, 7) is 4.11. The largest absolute Gasteiger partial charge is 0.351 e. The first kappa shape index (κ1) is 10.9. The molecule has 0 saturated carbocycles. The quantitative estimate of drug-likeness (QED) is 0.736. The van der Waals surface area contributed by atoms with Gasteiger partial charge in [0.25, 0.3) is 5.91 Å². The average molecular weight is 220 g/mol. The van der Waals surface area contributed by atoms with Gasteiger partial charge in [-0.1, -0.05) is 18.2 Å². The van der Waals surface area contributed by atoms with E-state index in [0.29, 0.717) is 5.92 Å². The van der Waals surface area contributed by atoms with Gasteiger partial charge in [0.05, 0.1) is 5.03 Å². The molecule has 1 N–H and O–H groups in total. The molecule has 1 heterocycles. The monoisotopic (exact) mass is 219 g/mol. The Kier molecular flexibility index (Phi) is 4.67. The number of carbonyl (C=O) groups excluding carboxylic acids is 1. The van der Waals surface area contributed by atoms with E-state index in [-0.39, 0.29) is 10.9 Å². The smallest absolute Gasteiger partial charge is 0.262 e. The van der Waals surface area contributed by atoms with Gasteiger partial charge in [-0.05, 0) is 30.3 Å². The van der Waals surface area contributed by atoms with Crippen LogP contribution in [0.3, 0.4) is 0 Å². The highest BCUT2D eigenvalue weighted by Gasteiger charge is 2.14. The van der Waals surface area contributed by atoms with Crippen molar-refractivity contribution < 1.29 is 4.79 Å². The van der Waals surface area contributed by atoms with E-state index in [4.69, 9.17) is 11.6 Å². The van der Waals surface area contributed by atoms with Crippen LogP contribution in [0.4, 0.5) is 0 Å². The van der Waals surface area contributed by atoms with E-state index in [9.17, 15) is 4.79 Å². The molecule has 4 heteroatoms. The summed E-state index contributed by atoms with van der Waals surface area (Å²) in [5.41, 5.74) is 0. The van der Waals surface area contributed by atoms with Crippen molar-refractivity contribution in [3.63, 3.8) is 0 Å². The van der Waals surface area contributed by atoms with Crippen LogP contribution in [-0.2, 0) is 4.79 Å². The van der Waals surface area contributed by atoms with Crippen LogP contribution in [0.2, 0.25) is 0 Å². The molecule has 0 unspecified atom stereocenters. The lowest BCUT2D eigenvalue weighted by Gasteiger charge is -2.21. The molecule has 1 rings (SSSR count). The molecular formula is C9H14ClNOS. The molecule has 0 aromatic carbocycles. The van der Waals surface area contributed by atoms with Gasteiger partial charge < -0.3 is 5.32 Å². The Balaban J connectivity index is 2.17. The normalized spacial score (nSPS) is 18.2. The Morgan fingerprint density at radius 3 is 2.69 bits per heavy atom. The molecule has 1 aliphatic rings. The molecule has 0 aromatic rings. The molecule has 13 heavy (non-hydrogen) atoms. The van der Waals surface area contributed by atoms with Gasteiger partial charge in [-0.2, -0.15) is 11.8 Å². The van der Waals surface area contributed by atoms with Crippen molar-refractivity contribution >= 4 is 29.3 Å². The summed E-state index contributed by atoms with van der Waals surface area (Å²) in [5, 5.41) is 2.85. The fourth-order valence-corrected chi connectivity index (χ4v) is 2.55. The Bertz CT molecular complexity index is 202. The van der Waals surface area contributed by atoms with Crippen LogP contribution < -0.4 is 5.32 Å². The van der Waals surface area contributed by atoms with E-state index < -0.39 is 0 Å². The van der Waals surface area contributed by atoms with E-state index in [0.717, 1.165) is 6.54 Å². The van der Waals surface area contributed by atoms with Gasteiger partial charge in [0.15, 0.2) is 0 Å². The summed E-state index contributed by atoms with van der Waals surface area (Å²) in [4.78, 5) is 11.0. The Hall–Kier alpha value is -0.150. The van der Waals surface area contributed by atoms with Crippen LogP contribution in [0.15, 0.2) is 11.6 Å². The Morgan fingerprint density at radius 1 is 1.54 bits per heavy atom. The van der Waals surface area contributed by atoms with Crippen molar-refractivity contribution in [2.75, 3.05) is 18.1 Å². The maximum absolute atomic E-state index is 11.0. The first-order chi connectivity index (χ1) is 6.20. The van der Waals surface area contributed by atoms with Gasteiger partial charge in [-0.3, -0.25) is 4.79 Å². The SMILES string of the molecule is C=C(Cl)C(=O)NCC1CCSCC1. The number of hydrogen-bond donors (Lipinski definition) is 1. The minimum atomic E-state index is -0.236. The van der Waals surface area contributed by atoms with Gasteiger partial charge in [0.2, 0.25) is 0 Å². The molecule has 0 bridgehead atoms. The van der Waals surface area contributed by atoms with Crippen molar-refractivity contribution in [1.82, 2.24) is 5.32 Å². The third-order valence-corrected chi connectivity index (χ3v) is 3.36. The van der Waals surface area contributed by atoms with Gasteiger partial charge in [0, 0.05) is 6.54 Å². The van der Waals surface area contributed by atoms with E-state index in [1.807, 2.05) is 11.8 Å². The Labute approximate surface area is 88.1 Å². The fraction of sp³-hybridized carbons (Fsp3) is 0.667. The standard InChI is InChI=1S/C9H14ClNOS/c1-7(10)9(12)11-6-8-2-4-13-5-3-8/h8H,1-6H2,(H,11,12). The molecule has 0 aromatic heterocycles. The summed E-state index contributed by atoms with van der Waals surface area (Å²) in [5.74, 6) is 2.81. The zero-order valence-electron chi connectivity index (χ0n) is 7.51. The van der Waals surface area contributed by atoms with Gasteiger partial charge in [-0.15, -0.1) is 0 Å². The molecule has 0 spiro atoms. The molecule has 2 nitrogen and oxygen atoms in total. The second-order valence-corrected chi connectivity index (χ2v) is 4.85. The third-order valence-electron chi connectivity index (χ3n) is 2.14. The molecular weight excluding hydrogens is 206 g/mol. The number of hydrogen-bond acceptors (Lipinski definition) is 2. The second kappa shape index (κ2) is 5.55. The molecule has 0 aliphatic carbocycles. The summed E-state index contributed by atoms with van der Waals surface area (Å²) < 4.78 is 0. The fourth-order valence-electron chi connectivity index (χ4n) is 1.28. The number of thioether (sulfide) groups is 1. The highest BCUT2D eigenvalue weighted by molar-refractivity contribution is 7.99. The van der Waals surface area contributed by atoms with Crippen molar-refractivity contribution in [2.45, 2.75) is 12.8 Å². The number of amides is 1. The molecule has 1 fully saturated rings. The maximum atomic E-state index is 11.0. The summed E-state index contributed by atoms with van der Waals surface area (Å²) >= 11 is 7.42. The van der Waals surface area contributed by atoms with Crippen LogP contribution in [0.1, 0.15) is 12.8 Å². The summed E-state index contributed by atoms with van der Waals surface area (Å²) in [7, 11) is 0. The average Bonchev–Trinajstić information content (AvgIpc) is 2.15. The first-order valence-electron chi connectivity index (χ1n) is 4.40. The molecule has 0 atom stereocenters. The number of carbonyl (C=O) groups is 1. The second-order valence-electron chi connectivity index (χ2n) is 3.17. The van der Waals surface area contributed by atoms with Crippen LogP contribution >= 0.6 is 23.4 Å². The predicted molar refractivity (Wildman–Crippen MR) is 58.1 cm³/mol. The third kappa shape index (κ3) is 4.05. The van der Waals surface area contributed by atoms with Crippen molar-refractivity contribution in [2.24, 2.45) is 5.92 Å². The number of halogens is 1. The lowest BCUT2D eigenvalue weighted by Crippen LogP contribution is -2.30. The highest BCUT2D eigenvalue weighted by atomic mass is 35.5. The summed E-state index contributed by atoms with van der Waals surface area (Å²) in [6, 6.07) is 0. The van der Waals surface area contributed by atoms with Crippen molar-refractivity contribution in [1.29, 1.82) is 0 Å². The predicted octanol–water partition coefficient (Wildman–Crippen LogP) is 2.00. The zero-order chi connectivity index (χ0) is 9.68. The minimum absolute atomic E-state index is 0.0742. The number of rotatable bonds is 3. The van der Waals surface area contributed by atoms with Gasteiger partial charge in [-0.25, -0.2) is 0 Å². The Morgan fingerprint density at radius 2 is 2.15 bits per heavy atom. The number of nitrogens with one attached hydrogen (secondary N) is 1. The molecule has 1 aliphatic heterocycles. The van der Waals surface area contributed by atoms with E-state index in [1.165, 1.54) is 24.3 Å². The van der Waals surface area contributed by atoms with Gasteiger partial charge >= 0.3 is 0 Å².